The van der Waals surface area contributed by atoms with E-state index in [0.717, 1.165) is 0 Å². The Bertz CT molecular complexity index is 1100. The van der Waals surface area contributed by atoms with Crippen molar-refractivity contribution in [1.82, 2.24) is 4.72 Å². The second-order valence-electron chi connectivity index (χ2n) is 6.25. The predicted molar refractivity (Wildman–Crippen MR) is 107 cm³/mol. The quantitative estimate of drug-likeness (QED) is 0.651. The van der Waals surface area contributed by atoms with Crippen LogP contribution in [0.3, 0.4) is 0 Å². The summed E-state index contributed by atoms with van der Waals surface area (Å²) in [7, 11) is -4.04. The summed E-state index contributed by atoms with van der Waals surface area (Å²) in [6.45, 7) is 1.52. The third-order valence-corrected chi connectivity index (χ3v) is 5.94. The highest BCUT2D eigenvalue weighted by Gasteiger charge is 2.23. The van der Waals surface area contributed by atoms with Crippen LogP contribution in [0.15, 0.2) is 77.7 Å². The third kappa shape index (κ3) is 4.40. The molecule has 0 saturated heterocycles. The molecule has 0 aliphatic heterocycles. The van der Waals surface area contributed by atoms with E-state index in [9.17, 15) is 17.6 Å². The zero-order valence-electron chi connectivity index (χ0n) is 14.9. The van der Waals surface area contributed by atoms with Crippen molar-refractivity contribution >= 4 is 27.5 Å². The monoisotopic (exact) mass is 417 g/mol. The zero-order chi connectivity index (χ0) is 20.3. The predicted octanol–water partition coefficient (Wildman–Crippen LogP) is 4.75. The zero-order valence-corrected chi connectivity index (χ0v) is 16.5. The molecular formula is C21H17ClFNO3S. The van der Waals surface area contributed by atoms with E-state index < -0.39 is 27.7 Å². The molecule has 1 N–H and O–H groups in total. The molecule has 1 unspecified atom stereocenters. The van der Waals surface area contributed by atoms with Crippen LogP contribution in [0, 0.1) is 5.82 Å². The van der Waals surface area contributed by atoms with Gasteiger partial charge in [-0.05, 0) is 48.4 Å². The normalized spacial score (nSPS) is 12.4. The number of hydrogen-bond acceptors (Lipinski definition) is 3. The fourth-order valence-corrected chi connectivity index (χ4v) is 3.88. The van der Waals surface area contributed by atoms with Gasteiger partial charge in [-0.15, -0.1) is 0 Å². The lowest BCUT2D eigenvalue weighted by atomic mass is 9.96. The lowest BCUT2D eigenvalue weighted by Crippen LogP contribution is -2.33. The fraction of sp³-hybridized carbons (Fsp3) is 0.0952. The SMILES string of the molecule is CC(C(=O)NS(=O)(=O)c1ccc(Cl)cc1)c1ccc(-c2ccccc2)c(F)c1. The number of amides is 1. The van der Waals surface area contributed by atoms with E-state index >= 15 is 0 Å². The fourth-order valence-electron chi connectivity index (χ4n) is 2.70. The van der Waals surface area contributed by atoms with E-state index in [-0.39, 0.29) is 4.90 Å². The van der Waals surface area contributed by atoms with E-state index in [1.165, 1.54) is 37.3 Å². The molecule has 144 valence electrons. The third-order valence-electron chi connectivity index (χ3n) is 4.33. The van der Waals surface area contributed by atoms with Gasteiger partial charge in [0.2, 0.25) is 5.91 Å². The molecule has 28 heavy (non-hydrogen) atoms. The van der Waals surface area contributed by atoms with Gasteiger partial charge >= 0.3 is 0 Å². The Hall–Kier alpha value is -2.70. The van der Waals surface area contributed by atoms with Gasteiger partial charge < -0.3 is 0 Å². The molecule has 1 atom stereocenters. The molecule has 3 aromatic rings. The maximum Gasteiger partial charge on any atom is 0.264 e. The van der Waals surface area contributed by atoms with Gasteiger partial charge in [-0.1, -0.05) is 54.1 Å². The first-order valence-corrected chi connectivity index (χ1v) is 10.3. The molecule has 4 nitrogen and oxygen atoms in total. The maximum atomic E-state index is 14.5. The van der Waals surface area contributed by atoms with Crippen molar-refractivity contribution in [2.45, 2.75) is 17.7 Å². The summed E-state index contributed by atoms with van der Waals surface area (Å²) in [6.07, 6.45) is 0. The van der Waals surface area contributed by atoms with Gasteiger partial charge in [0.15, 0.2) is 0 Å². The summed E-state index contributed by atoms with van der Waals surface area (Å²) in [5.74, 6) is -2.09. The van der Waals surface area contributed by atoms with Crippen molar-refractivity contribution in [3.63, 3.8) is 0 Å². The summed E-state index contributed by atoms with van der Waals surface area (Å²) in [4.78, 5) is 12.3. The van der Waals surface area contributed by atoms with Crippen molar-refractivity contribution in [1.29, 1.82) is 0 Å². The number of rotatable bonds is 5. The number of hydrogen-bond donors (Lipinski definition) is 1. The van der Waals surface area contributed by atoms with E-state index in [1.807, 2.05) is 10.8 Å². The molecule has 1 amide bonds. The van der Waals surface area contributed by atoms with Crippen LogP contribution in [0.5, 0.6) is 0 Å². The highest BCUT2D eigenvalue weighted by atomic mass is 35.5. The van der Waals surface area contributed by atoms with Gasteiger partial charge in [0.1, 0.15) is 5.82 Å². The first-order valence-electron chi connectivity index (χ1n) is 8.45. The average Bonchev–Trinajstić information content (AvgIpc) is 2.68. The Kier molecular flexibility index (Phi) is 5.82. The number of carbonyl (C=O) groups excluding carboxylic acids is 1. The summed E-state index contributed by atoms with van der Waals surface area (Å²) in [5, 5.41) is 0.382. The number of benzene rings is 3. The number of halogens is 2. The summed E-state index contributed by atoms with van der Waals surface area (Å²) in [6, 6.07) is 18.9. The van der Waals surface area contributed by atoms with Crippen molar-refractivity contribution in [2.24, 2.45) is 0 Å². The van der Waals surface area contributed by atoms with Crippen LogP contribution in [-0.4, -0.2) is 14.3 Å². The summed E-state index contributed by atoms with van der Waals surface area (Å²) < 4.78 is 41.3. The smallest absolute Gasteiger partial charge is 0.264 e. The minimum absolute atomic E-state index is 0.0805. The molecule has 0 aliphatic carbocycles. The van der Waals surface area contributed by atoms with Crippen molar-refractivity contribution < 1.29 is 17.6 Å². The number of carbonyl (C=O) groups is 1. The second kappa shape index (κ2) is 8.12. The highest BCUT2D eigenvalue weighted by molar-refractivity contribution is 7.90. The van der Waals surface area contributed by atoms with Gasteiger partial charge in [0.25, 0.3) is 10.0 Å². The Morgan fingerprint density at radius 2 is 1.64 bits per heavy atom. The van der Waals surface area contributed by atoms with E-state index in [0.29, 0.717) is 21.7 Å². The molecule has 0 spiro atoms. The van der Waals surface area contributed by atoms with Gasteiger partial charge in [0, 0.05) is 10.6 Å². The van der Waals surface area contributed by atoms with E-state index in [2.05, 4.69) is 0 Å². The molecular weight excluding hydrogens is 401 g/mol. The van der Waals surface area contributed by atoms with Crippen LogP contribution in [0.1, 0.15) is 18.4 Å². The van der Waals surface area contributed by atoms with Crippen LogP contribution in [0.4, 0.5) is 4.39 Å². The first kappa shape index (κ1) is 20.0. The Balaban J connectivity index is 1.80. The van der Waals surface area contributed by atoms with Gasteiger partial charge in [-0.25, -0.2) is 17.5 Å². The first-order chi connectivity index (χ1) is 13.3. The molecule has 0 aliphatic rings. The molecule has 0 aromatic heterocycles. The molecule has 0 bridgehead atoms. The molecule has 0 radical (unpaired) electrons. The van der Waals surface area contributed by atoms with E-state index in [4.69, 9.17) is 11.6 Å². The summed E-state index contributed by atoms with van der Waals surface area (Å²) in [5.41, 5.74) is 1.50. The lowest BCUT2D eigenvalue weighted by Gasteiger charge is -2.14. The van der Waals surface area contributed by atoms with Crippen molar-refractivity contribution in [2.75, 3.05) is 0 Å². The summed E-state index contributed by atoms with van der Waals surface area (Å²) >= 11 is 5.75. The topological polar surface area (TPSA) is 63.2 Å². The largest absolute Gasteiger partial charge is 0.273 e. The van der Waals surface area contributed by atoms with Crippen molar-refractivity contribution in [3.05, 3.63) is 89.2 Å². The van der Waals surface area contributed by atoms with E-state index in [1.54, 1.807) is 36.4 Å². The van der Waals surface area contributed by atoms with Crippen LogP contribution in [0.2, 0.25) is 5.02 Å². The minimum atomic E-state index is -4.04. The molecule has 7 heteroatoms. The van der Waals surface area contributed by atoms with Crippen LogP contribution in [-0.2, 0) is 14.8 Å². The van der Waals surface area contributed by atoms with Gasteiger partial charge in [0.05, 0.1) is 10.8 Å². The molecule has 0 saturated carbocycles. The maximum absolute atomic E-state index is 14.5. The number of nitrogens with one attached hydrogen (secondary N) is 1. The molecule has 3 aromatic carbocycles. The molecule has 0 fully saturated rings. The van der Waals surface area contributed by atoms with Gasteiger partial charge in [-0.2, -0.15) is 0 Å². The average molecular weight is 418 g/mol. The Labute approximate surface area is 168 Å². The standard InChI is InChI=1S/C21H17ClFNO3S/c1-14(21(25)24-28(26,27)18-10-8-17(22)9-11-18)16-7-12-19(20(23)13-16)15-5-3-2-4-6-15/h2-14H,1H3,(H,24,25). The second-order valence-corrected chi connectivity index (χ2v) is 8.37. The van der Waals surface area contributed by atoms with Crippen LogP contribution >= 0.6 is 11.6 Å². The minimum Gasteiger partial charge on any atom is -0.273 e. The van der Waals surface area contributed by atoms with Crippen molar-refractivity contribution in [3.8, 4) is 11.1 Å². The van der Waals surface area contributed by atoms with Crippen LogP contribution < -0.4 is 4.72 Å². The Morgan fingerprint density at radius 1 is 1.00 bits per heavy atom. The molecule has 0 heterocycles. The van der Waals surface area contributed by atoms with Crippen LogP contribution in [0.25, 0.3) is 11.1 Å². The number of sulfonamides is 1. The highest BCUT2D eigenvalue weighted by Crippen LogP contribution is 2.26. The van der Waals surface area contributed by atoms with Gasteiger partial charge in [-0.3, -0.25) is 4.79 Å². The molecule has 3 rings (SSSR count). The Morgan fingerprint density at radius 3 is 2.25 bits per heavy atom. The lowest BCUT2D eigenvalue weighted by molar-refractivity contribution is -0.120.